The number of halogens is 1. The second kappa shape index (κ2) is 5.36. The van der Waals surface area contributed by atoms with E-state index in [0.29, 0.717) is 13.1 Å². The molecule has 0 aliphatic carbocycles. The van der Waals surface area contributed by atoms with Crippen molar-refractivity contribution in [2.75, 3.05) is 39.0 Å². The van der Waals surface area contributed by atoms with Crippen LogP contribution >= 0.6 is 0 Å². The van der Waals surface area contributed by atoms with Crippen LogP contribution in [0.15, 0.2) is 18.2 Å². The highest BCUT2D eigenvalue weighted by Crippen LogP contribution is 2.23. The summed E-state index contributed by atoms with van der Waals surface area (Å²) < 4.78 is 13.6. The molecule has 0 fully saturated rings. The molecular weight excluding hydrogens is 249 g/mol. The predicted molar refractivity (Wildman–Crippen MR) is 69.5 cm³/mol. The summed E-state index contributed by atoms with van der Waals surface area (Å²) in [5.74, 6) is -1.29. The monoisotopic (exact) mass is 265 g/mol. The smallest absolute Gasteiger partial charge is 0.256 e. The number of carbonyl (C=O) groups is 2. The van der Waals surface area contributed by atoms with E-state index in [1.807, 2.05) is 19.0 Å². The Morgan fingerprint density at radius 2 is 2.11 bits per heavy atom. The van der Waals surface area contributed by atoms with E-state index < -0.39 is 5.82 Å². The molecule has 0 saturated heterocycles. The molecule has 102 valence electrons. The van der Waals surface area contributed by atoms with Gasteiger partial charge in [-0.1, -0.05) is 6.07 Å². The Balaban J connectivity index is 2.31. The fourth-order valence-corrected chi connectivity index (χ4v) is 1.93. The van der Waals surface area contributed by atoms with Crippen molar-refractivity contribution in [3.05, 3.63) is 29.6 Å². The molecule has 1 heterocycles. The molecule has 2 rings (SSSR count). The average Bonchev–Trinajstić information content (AvgIpc) is 2.47. The summed E-state index contributed by atoms with van der Waals surface area (Å²) in [7, 11) is 3.77. The van der Waals surface area contributed by atoms with Gasteiger partial charge in [-0.05, 0) is 26.2 Å². The quantitative estimate of drug-likeness (QED) is 0.878. The number of anilines is 1. The van der Waals surface area contributed by atoms with Gasteiger partial charge < -0.3 is 15.1 Å². The van der Waals surface area contributed by atoms with Gasteiger partial charge in [0.05, 0.1) is 11.3 Å². The summed E-state index contributed by atoms with van der Waals surface area (Å²) in [5.41, 5.74) is 0.175. The second-order valence-electron chi connectivity index (χ2n) is 4.74. The zero-order valence-corrected chi connectivity index (χ0v) is 10.9. The molecule has 19 heavy (non-hydrogen) atoms. The summed E-state index contributed by atoms with van der Waals surface area (Å²) in [6, 6.07) is 4.21. The Labute approximate surface area is 111 Å². The summed E-state index contributed by atoms with van der Waals surface area (Å²) >= 11 is 0. The van der Waals surface area contributed by atoms with Crippen LogP contribution in [0.25, 0.3) is 0 Å². The Morgan fingerprint density at radius 1 is 1.37 bits per heavy atom. The van der Waals surface area contributed by atoms with Gasteiger partial charge in [0.25, 0.3) is 5.91 Å². The third-order valence-electron chi connectivity index (χ3n) is 2.95. The Kier molecular flexibility index (Phi) is 3.80. The molecule has 0 aromatic heterocycles. The number of amides is 2. The zero-order valence-electron chi connectivity index (χ0n) is 10.9. The highest BCUT2D eigenvalue weighted by Gasteiger charge is 2.27. The number of para-hydroxylation sites is 1. The maximum Gasteiger partial charge on any atom is 0.256 e. The van der Waals surface area contributed by atoms with E-state index >= 15 is 0 Å². The van der Waals surface area contributed by atoms with Crippen LogP contribution in [0.5, 0.6) is 0 Å². The maximum atomic E-state index is 13.6. The lowest BCUT2D eigenvalue weighted by Crippen LogP contribution is -2.39. The zero-order chi connectivity index (χ0) is 14.0. The van der Waals surface area contributed by atoms with Crippen LogP contribution in [-0.4, -0.2) is 55.3 Å². The molecular formula is C13H16FN3O2. The fraction of sp³-hybridized carbons (Fsp3) is 0.385. The van der Waals surface area contributed by atoms with Crippen LogP contribution in [0.3, 0.4) is 0 Å². The van der Waals surface area contributed by atoms with E-state index in [-0.39, 0.29) is 29.6 Å². The van der Waals surface area contributed by atoms with Crippen LogP contribution in [0.4, 0.5) is 10.1 Å². The lowest BCUT2D eigenvalue weighted by molar-refractivity contribution is -0.116. The second-order valence-corrected chi connectivity index (χ2v) is 4.74. The third-order valence-corrected chi connectivity index (χ3v) is 2.95. The minimum absolute atomic E-state index is 0.0233. The molecule has 5 nitrogen and oxygen atoms in total. The highest BCUT2D eigenvalue weighted by atomic mass is 19.1. The molecule has 0 unspecified atom stereocenters. The summed E-state index contributed by atoms with van der Waals surface area (Å²) in [6.07, 6.45) is 0. The number of likely N-dealkylation sites (N-methyl/N-ethyl adjacent to an activating group) is 1. The van der Waals surface area contributed by atoms with Crippen LogP contribution < -0.4 is 5.32 Å². The number of nitrogens with zero attached hydrogens (tertiary/aromatic N) is 2. The Bertz CT molecular complexity index is 517. The van der Waals surface area contributed by atoms with Gasteiger partial charge in [-0.25, -0.2) is 4.39 Å². The summed E-state index contributed by atoms with van der Waals surface area (Å²) in [6.45, 7) is 1.01. The minimum Gasteiger partial charge on any atom is -0.328 e. The first-order valence-corrected chi connectivity index (χ1v) is 6.01. The molecule has 0 radical (unpaired) electrons. The first-order chi connectivity index (χ1) is 8.99. The number of fused-ring (bicyclic) bond motifs is 1. The van der Waals surface area contributed by atoms with Gasteiger partial charge in [0, 0.05) is 13.1 Å². The number of nitrogens with one attached hydrogen (secondary N) is 1. The molecule has 0 bridgehead atoms. The first-order valence-electron chi connectivity index (χ1n) is 6.01. The van der Waals surface area contributed by atoms with Crippen LogP contribution in [0.1, 0.15) is 10.4 Å². The topological polar surface area (TPSA) is 52.6 Å². The highest BCUT2D eigenvalue weighted by molar-refractivity contribution is 6.08. The normalized spacial score (nSPS) is 15.3. The minimum atomic E-state index is -0.589. The molecule has 1 aromatic rings. The van der Waals surface area contributed by atoms with E-state index in [9.17, 15) is 14.0 Å². The molecule has 1 aliphatic rings. The summed E-state index contributed by atoms with van der Waals surface area (Å²) in [4.78, 5) is 27.4. The van der Waals surface area contributed by atoms with Gasteiger partial charge in [0.2, 0.25) is 5.91 Å². The van der Waals surface area contributed by atoms with Crippen molar-refractivity contribution in [2.45, 2.75) is 0 Å². The predicted octanol–water partition coefficient (Wildman–Crippen LogP) is 0.782. The molecule has 1 aromatic carbocycles. The van der Waals surface area contributed by atoms with Gasteiger partial charge in [-0.2, -0.15) is 0 Å². The van der Waals surface area contributed by atoms with Crippen molar-refractivity contribution < 1.29 is 14.0 Å². The van der Waals surface area contributed by atoms with Crippen LogP contribution in [0, 0.1) is 5.82 Å². The van der Waals surface area contributed by atoms with E-state index in [1.54, 1.807) is 0 Å². The van der Waals surface area contributed by atoms with Gasteiger partial charge in [0.15, 0.2) is 0 Å². The fourth-order valence-electron chi connectivity index (χ4n) is 1.93. The standard InChI is InChI=1S/C13H16FN3O2/c1-16(2)6-7-17-8-11(18)15-12-9(13(17)19)4-3-5-10(12)14/h3-5H,6-8H2,1-2H3,(H,15,18). The van der Waals surface area contributed by atoms with Crippen LogP contribution in [-0.2, 0) is 4.79 Å². The largest absolute Gasteiger partial charge is 0.328 e. The Morgan fingerprint density at radius 3 is 2.79 bits per heavy atom. The number of hydrogen-bond donors (Lipinski definition) is 1. The Hall–Kier alpha value is -1.95. The van der Waals surface area contributed by atoms with Crippen molar-refractivity contribution in [3.63, 3.8) is 0 Å². The number of rotatable bonds is 3. The number of carbonyl (C=O) groups excluding carboxylic acids is 2. The van der Waals surface area contributed by atoms with E-state index in [4.69, 9.17) is 0 Å². The molecule has 2 amide bonds. The number of benzene rings is 1. The molecule has 0 saturated carbocycles. The van der Waals surface area contributed by atoms with Gasteiger partial charge >= 0.3 is 0 Å². The first kappa shape index (κ1) is 13.5. The van der Waals surface area contributed by atoms with Gasteiger partial charge in [0.1, 0.15) is 12.4 Å². The lowest BCUT2D eigenvalue weighted by Gasteiger charge is -2.21. The van der Waals surface area contributed by atoms with Crippen molar-refractivity contribution in [3.8, 4) is 0 Å². The van der Waals surface area contributed by atoms with Gasteiger partial charge in [-0.15, -0.1) is 0 Å². The molecule has 6 heteroatoms. The molecule has 0 atom stereocenters. The molecule has 0 spiro atoms. The van der Waals surface area contributed by atoms with Gasteiger partial charge in [-0.3, -0.25) is 9.59 Å². The lowest BCUT2D eigenvalue weighted by atomic mass is 10.1. The molecule has 1 N–H and O–H groups in total. The average molecular weight is 265 g/mol. The third kappa shape index (κ3) is 2.90. The summed E-state index contributed by atoms with van der Waals surface area (Å²) in [5, 5.41) is 2.45. The molecule has 1 aliphatic heterocycles. The van der Waals surface area contributed by atoms with Crippen molar-refractivity contribution in [1.29, 1.82) is 0 Å². The van der Waals surface area contributed by atoms with Crippen LogP contribution in [0.2, 0.25) is 0 Å². The van der Waals surface area contributed by atoms with E-state index in [2.05, 4.69) is 5.32 Å². The van der Waals surface area contributed by atoms with Crippen molar-refractivity contribution in [1.82, 2.24) is 9.80 Å². The maximum absolute atomic E-state index is 13.6. The van der Waals surface area contributed by atoms with Crippen molar-refractivity contribution in [2.24, 2.45) is 0 Å². The van der Waals surface area contributed by atoms with E-state index in [0.717, 1.165) is 0 Å². The number of hydrogen-bond acceptors (Lipinski definition) is 3. The van der Waals surface area contributed by atoms with Crippen molar-refractivity contribution >= 4 is 17.5 Å². The SMILES string of the molecule is CN(C)CCN1CC(=O)Nc2c(F)cccc2C1=O. The van der Waals surface area contributed by atoms with E-state index in [1.165, 1.54) is 23.1 Å².